The number of hydrogen-bond acceptors (Lipinski definition) is 5. The Morgan fingerprint density at radius 2 is 2.20 bits per heavy atom. The number of aryl methyl sites for hydroxylation is 1. The van der Waals surface area contributed by atoms with Crippen molar-refractivity contribution in [3.8, 4) is 0 Å². The van der Waals surface area contributed by atoms with Crippen molar-refractivity contribution in [2.75, 3.05) is 13.1 Å². The second-order valence-corrected chi connectivity index (χ2v) is 5.26. The van der Waals surface area contributed by atoms with Crippen LogP contribution in [0.4, 0.5) is 0 Å². The molecule has 1 aliphatic heterocycles. The highest BCUT2D eigenvalue weighted by Gasteiger charge is 2.28. The van der Waals surface area contributed by atoms with Gasteiger partial charge in [-0.25, -0.2) is 0 Å². The number of likely N-dealkylation sites (tertiary alicyclic amines) is 1. The quantitative estimate of drug-likeness (QED) is 0.838. The molecular formula is C12H14ClN5O2. The summed E-state index contributed by atoms with van der Waals surface area (Å²) in [5.74, 6) is 0.840. The summed E-state index contributed by atoms with van der Waals surface area (Å²) in [5.41, 5.74) is 0.312. The van der Waals surface area contributed by atoms with Crippen molar-refractivity contribution in [1.82, 2.24) is 24.8 Å². The number of rotatable bonds is 2. The predicted octanol–water partition coefficient (Wildman–Crippen LogP) is 1.48. The van der Waals surface area contributed by atoms with Crippen LogP contribution in [-0.4, -0.2) is 43.8 Å². The zero-order valence-electron chi connectivity index (χ0n) is 11.0. The Labute approximate surface area is 120 Å². The lowest BCUT2D eigenvalue weighted by molar-refractivity contribution is 0.0704. The molecule has 3 heterocycles. The largest absolute Gasteiger partial charge is 0.343 e. The van der Waals surface area contributed by atoms with Crippen LogP contribution in [0.15, 0.2) is 17.1 Å². The lowest BCUT2D eigenvalue weighted by atomic mass is 9.96. The van der Waals surface area contributed by atoms with E-state index in [4.69, 9.17) is 16.1 Å². The van der Waals surface area contributed by atoms with E-state index in [2.05, 4.69) is 15.2 Å². The topological polar surface area (TPSA) is 77.0 Å². The summed E-state index contributed by atoms with van der Waals surface area (Å²) in [7, 11) is 1.74. The highest BCUT2D eigenvalue weighted by atomic mass is 35.5. The second-order valence-electron chi connectivity index (χ2n) is 4.86. The molecule has 1 saturated heterocycles. The second kappa shape index (κ2) is 5.24. The van der Waals surface area contributed by atoms with Crippen molar-refractivity contribution < 1.29 is 9.32 Å². The molecule has 1 amide bonds. The first-order chi connectivity index (χ1) is 9.65. The van der Waals surface area contributed by atoms with Crippen molar-refractivity contribution in [2.24, 2.45) is 7.05 Å². The van der Waals surface area contributed by atoms with E-state index in [9.17, 15) is 4.79 Å². The number of carbonyl (C=O) groups is 1. The summed E-state index contributed by atoms with van der Waals surface area (Å²) in [5, 5.41) is 8.35. The third-order valence-electron chi connectivity index (χ3n) is 3.51. The Morgan fingerprint density at radius 3 is 2.75 bits per heavy atom. The highest BCUT2D eigenvalue weighted by Crippen LogP contribution is 2.26. The summed E-state index contributed by atoms with van der Waals surface area (Å²) in [6.45, 7) is 1.29. The van der Waals surface area contributed by atoms with Gasteiger partial charge in [0.05, 0.1) is 5.02 Å². The van der Waals surface area contributed by atoms with Crippen molar-refractivity contribution in [1.29, 1.82) is 0 Å². The molecule has 0 saturated carbocycles. The summed E-state index contributed by atoms with van der Waals surface area (Å²) in [4.78, 5) is 18.2. The molecular weight excluding hydrogens is 282 g/mol. The first kappa shape index (κ1) is 13.1. The molecule has 0 atom stereocenters. The predicted molar refractivity (Wildman–Crippen MR) is 70.4 cm³/mol. The minimum Gasteiger partial charge on any atom is -0.343 e. The van der Waals surface area contributed by atoms with E-state index in [-0.39, 0.29) is 11.8 Å². The van der Waals surface area contributed by atoms with Gasteiger partial charge >= 0.3 is 0 Å². The Morgan fingerprint density at radius 1 is 1.45 bits per heavy atom. The maximum Gasteiger partial charge on any atom is 0.275 e. The van der Waals surface area contributed by atoms with Crippen LogP contribution in [0.1, 0.15) is 35.1 Å². The monoisotopic (exact) mass is 295 g/mol. The first-order valence-corrected chi connectivity index (χ1v) is 6.77. The van der Waals surface area contributed by atoms with Crippen LogP contribution < -0.4 is 0 Å². The smallest absolute Gasteiger partial charge is 0.275 e. The van der Waals surface area contributed by atoms with Crippen LogP contribution >= 0.6 is 11.6 Å². The molecule has 3 rings (SSSR count). The molecule has 0 unspecified atom stereocenters. The van der Waals surface area contributed by atoms with Crippen molar-refractivity contribution >= 4 is 17.5 Å². The molecule has 8 heteroatoms. The van der Waals surface area contributed by atoms with Gasteiger partial charge in [0.2, 0.25) is 6.39 Å². The molecule has 106 valence electrons. The molecule has 0 bridgehead atoms. The fourth-order valence-corrected chi connectivity index (χ4v) is 2.71. The van der Waals surface area contributed by atoms with E-state index < -0.39 is 0 Å². The molecule has 0 aliphatic carbocycles. The number of nitrogens with zero attached hydrogens (tertiary/aromatic N) is 5. The van der Waals surface area contributed by atoms with Crippen LogP contribution in [0, 0.1) is 0 Å². The van der Waals surface area contributed by atoms with Gasteiger partial charge in [-0.2, -0.15) is 10.1 Å². The fraction of sp³-hybridized carbons (Fsp3) is 0.500. The Balaban J connectivity index is 1.66. The van der Waals surface area contributed by atoms with Crippen molar-refractivity contribution in [2.45, 2.75) is 18.8 Å². The molecule has 20 heavy (non-hydrogen) atoms. The number of piperidine rings is 1. The van der Waals surface area contributed by atoms with Crippen LogP contribution in [0.2, 0.25) is 5.02 Å². The van der Waals surface area contributed by atoms with Crippen molar-refractivity contribution in [3.05, 3.63) is 29.1 Å². The molecule has 0 N–H and O–H groups in total. The van der Waals surface area contributed by atoms with Crippen LogP contribution in [0.5, 0.6) is 0 Å². The van der Waals surface area contributed by atoms with E-state index in [1.165, 1.54) is 6.39 Å². The lowest BCUT2D eigenvalue weighted by Gasteiger charge is -2.30. The van der Waals surface area contributed by atoms with Crippen LogP contribution in [0.25, 0.3) is 0 Å². The Kier molecular flexibility index (Phi) is 3.43. The molecule has 7 nitrogen and oxygen atoms in total. The average molecular weight is 296 g/mol. The van der Waals surface area contributed by atoms with Gasteiger partial charge in [-0.1, -0.05) is 16.8 Å². The van der Waals surface area contributed by atoms with E-state index in [0.29, 0.717) is 29.6 Å². The average Bonchev–Trinajstić information content (AvgIpc) is 3.08. The lowest BCUT2D eigenvalue weighted by Crippen LogP contribution is -2.38. The minimum atomic E-state index is -0.123. The van der Waals surface area contributed by atoms with Gasteiger partial charge in [0.25, 0.3) is 5.91 Å². The molecule has 0 aromatic carbocycles. The number of halogens is 1. The van der Waals surface area contributed by atoms with Gasteiger partial charge in [0.1, 0.15) is 0 Å². The Bertz CT molecular complexity index is 601. The SMILES string of the molecule is Cn1cc(Cl)c(C(=O)N2CCC(c3ncon3)CC2)n1. The van der Waals surface area contributed by atoms with Gasteiger partial charge in [0.15, 0.2) is 11.5 Å². The first-order valence-electron chi connectivity index (χ1n) is 6.40. The highest BCUT2D eigenvalue weighted by molar-refractivity contribution is 6.33. The van der Waals surface area contributed by atoms with Crippen LogP contribution in [0.3, 0.4) is 0 Å². The van der Waals surface area contributed by atoms with Crippen LogP contribution in [-0.2, 0) is 7.05 Å². The molecule has 2 aromatic heterocycles. The van der Waals surface area contributed by atoms with Gasteiger partial charge in [-0.3, -0.25) is 9.48 Å². The molecule has 0 radical (unpaired) electrons. The van der Waals surface area contributed by atoms with Gasteiger partial charge < -0.3 is 9.42 Å². The number of amides is 1. The zero-order valence-corrected chi connectivity index (χ0v) is 11.7. The third-order valence-corrected chi connectivity index (χ3v) is 3.79. The van der Waals surface area contributed by atoms with E-state index >= 15 is 0 Å². The molecule has 2 aromatic rings. The number of carbonyl (C=O) groups excluding carboxylic acids is 1. The summed E-state index contributed by atoms with van der Waals surface area (Å²) in [6.07, 6.45) is 4.59. The Hall–Kier alpha value is -1.89. The van der Waals surface area contributed by atoms with E-state index in [1.807, 2.05) is 0 Å². The standard InChI is InChI=1S/C12H14ClN5O2/c1-17-6-9(13)10(15-17)12(19)18-4-2-8(3-5-18)11-14-7-20-16-11/h6-8H,2-5H2,1H3. The number of hydrogen-bond donors (Lipinski definition) is 0. The third kappa shape index (κ3) is 2.40. The van der Waals surface area contributed by atoms with Gasteiger partial charge in [-0.05, 0) is 12.8 Å². The number of aromatic nitrogens is 4. The summed E-state index contributed by atoms with van der Waals surface area (Å²) < 4.78 is 6.30. The fourth-order valence-electron chi connectivity index (χ4n) is 2.45. The van der Waals surface area contributed by atoms with E-state index in [1.54, 1.807) is 22.8 Å². The summed E-state index contributed by atoms with van der Waals surface area (Å²) in [6, 6.07) is 0. The van der Waals surface area contributed by atoms with Gasteiger partial charge in [0, 0.05) is 32.3 Å². The zero-order chi connectivity index (χ0) is 14.1. The summed E-state index contributed by atoms with van der Waals surface area (Å²) >= 11 is 6.01. The maximum atomic E-state index is 12.3. The molecule has 1 aliphatic rings. The minimum absolute atomic E-state index is 0.123. The maximum absolute atomic E-state index is 12.3. The van der Waals surface area contributed by atoms with Gasteiger partial charge in [-0.15, -0.1) is 0 Å². The normalized spacial score (nSPS) is 16.6. The van der Waals surface area contributed by atoms with Crippen molar-refractivity contribution in [3.63, 3.8) is 0 Å². The van der Waals surface area contributed by atoms with E-state index in [0.717, 1.165) is 12.8 Å². The molecule has 1 fully saturated rings. The molecule has 0 spiro atoms.